The number of carbonyl (C=O) groups excluding carboxylic acids is 1. The lowest BCUT2D eigenvalue weighted by Crippen LogP contribution is -2.23. The zero-order valence-electron chi connectivity index (χ0n) is 17.2. The Morgan fingerprint density at radius 3 is 2.81 bits per heavy atom. The first-order valence-electron chi connectivity index (χ1n) is 9.81. The fourth-order valence-corrected chi connectivity index (χ4v) is 5.11. The van der Waals surface area contributed by atoms with Crippen molar-refractivity contribution in [3.05, 3.63) is 76.3 Å². The lowest BCUT2D eigenvalue weighted by atomic mass is 9.88. The van der Waals surface area contributed by atoms with E-state index in [4.69, 9.17) is 9.47 Å². The van der Waals surface area contributed by atoms with Gasteiger partial charge in [-0.3, -0.25) is 4.79 Å². The Labute approximate surface area is 187 Å². The third-order valence-corrected chi connectivity index (χ3v) is 6.46. The molecule has 0 saturated carbocycles. The Hall–Kier alpha value is -3.65. The van der Waals surface area contributed by atoms with Gasteiger partial charge in [-0.2, -0.15) is 0 Å². The summed E-state index contributed by atoms with van der Waals surface area (Å²) in [6.45, 7) is 3.91. The topological polar surface area (TPSA) is 84.9 Å². The van der Waals surface area contributed by atoms with Gasteiger partial charge >= 0.3 is 5.97 Å². The van der Waals surface area contributed by atoms with Gasteiger partial charge in [0.25, 0.3) is 0 Å². The van der Waals surface area contributed by atoms with Gasteiger partial charge in [-0.05, 0) is 23.8 Å². The van der Waals surface area contributed by atoms with Crippen LogP contribution in [0, 0.1) is 5.82 Å². The molecular weight excluding hydrogens is 433 g/mol. The summed E-state index contributed by atoms with van der Waals surface area (Å²) in [5.74, 6) is -1.40. The van der Waals surface area contributed by atoms with E-state index in [-0.39, 0.29) is 23.8 Å². The Bertz CT molecular complexity index is 1220. The summed E-state index contributed by atoms with van der Waals surface area (Å²) in [6, 6.07) is 11.0. The maximum Gasteiger partial charge on any atom is 0.346 e. The number of anilines is 1. The fraction of sp³-hybridized carbons (Fsp3) is 0.167. The van der Waals surface area contributed by atoms with E-state index in [0.717, 1.165) is 11.3 Å². The molecule has 6 nitrogen and oxygen atoms in total. The lowest BCUT2D eigenvalue weighted by molar-refractivity contribution is -0.116. The van der Waals surface area contributed by atoms with Crippen molar-refractivity contribution in [2.24, 2.45) is 0 Å². The zero-order valence-corrected chi connectivity index (χ0v) is 18.0. The molecule has 164 valence electrons. The number of benzene rings is 2. The number of fused-ring (bicyclic) bond motifs is 1. The van der Waals surface area contributed by atoms with Crippen LogP contribution in [0.5, 0.6) is 11.5 Å². The van der Waals surface area contributed by atoms with Crippen molar-refractivity contribution in [3.63, 3.8) is 0 Å². The molecule has 1 aromatic heterocycles. The van der Waals surface area contributed by atoms with Gasteiger partial charge in [-0.15, -0.1) is 11.3 Å². The highest BCUT2D eigenvalue weighted by molar-refractivity contribution is 7.15. The Morgan fingerprint density at radius 1 is 1.34 bits per heavy atom. The molecule has 0 spiro atoms. The van der Waals surface area contributed by atoms with Crippen molar-refractivity contribution in [2.45, 2.75) is 12.3 Å². The third-order valence-electron chi connectivity index (χ3n) is 5.16. The maximum atomic E-state index is 13.9. The van der Waals surface area contributed by atoms with E-state index in [0.29, 0.717) is 38.8 Å². The zero-order chi connectivity index (χ0) is 22.8. The van der Waals surface area contributed by atoms with Gasteiger partial charge in [0.2, 0.25) is 5.91 Å². The van der Waals surface area contributed by atoms with Crippen molar-refractivity contribution in [3.8, 4) is 22.6 Å². The lowest BCUT2D eigenvalue weighted by Gasteiger charge is -2.26. The normalized spacial score (nSPS) is 14.9. The number of ether oxygens (including phenoxy) is 2. The number of hydrogen-bond acceptors (Lipinski definition) is 5. The van der Waals surface area contributed by atoms with E-state index < -0.39 is 17.7 Å². The molecule has 1 aliphatic rings. The van der Waals surface area contributed by atoms with Crippen LogP contribution in [0.25, 0.3) is 11.1 Å². The molecule has 3 aromatic rings. The van der Waals surface area contributed by atoms with Gasteiger partial charge in [0.1, 0.15) is 17.3 Å². The minimum absolute atomic E-state index is 0.0317. The monoisotopic (exact) mass is 453 g/mol. The molecule has 0 aliphatic carbocycles. The van der Waals surface area contributed by atoms with Crippen LogP contribution in [0.1, 0.15) is 32.5 Å². The molecule has 2 aromatic carbocycles. The van der Waals surface area contributed by atoms with Crippen LogP contribution in [0.15, 0.2) is 55.1 Å². The van der Waals surface area contributed by atoms with Crippen LogP contribution in [0.2, 0.25) is 0 Å². The number of carboxylic acid groups (broad SMARTS) is 1. The van der Waals surface area contributed by atoms with E-state index in [1.165, 1.54) is 25.3 Å². The summed E-state index contributed by atoms with van der Waals surface area (Å²) in [4.78, 5) is 25.5. The van der Waals surface area contributed by atoms with E-state index in [1.54, 1.807) is 24.3 Å². The first-order chi connectivity index (χ1) is 15.4. The summed E-state index contributed by atoms with van der Waals surface area (Å²) in [5, 5.41) is 12.7. The first-order valence-corrected chi connectivity index (χ1v) is 10.6. The highest BCUT2D eigenvalue weighted by Crippen LogP contribution is 2.51. The summed E-state index contributed by atoms with van der Waals surface area (Å²) in [5.41, 5.74) is 1.77. The van der Waals surface area contributed by atoms with Crippen LogP contribution in [0.3, 0.4) is 0 Å². The van der Waals surface area contributed by atoms with Crippen molar-refractivity contribution in [2.75, 3.05) is 19.0 Å². The van der Waals surface area contributed by atoms with Gasteiger partial charge in [0, 0.05) is 28.3 Å². The Morgan fingerprint density at radius 2 is 2.12 bits per heavy atom. The average Bonchev–Trinajstić information content (AvgIpc) is 3.16. The molecule has 1 atom stereocenters. The van der Waals surface area contributed by atoms with Crippen LogP contribution in [-0.2, 0) is 4.79 Å². The fourth-order valence-electron chi connectivity index (χ4n) is 3.87. The second kappa shape index (κ2) is 8.84. The van der Waals surface area contributed by atoms with E-state index >= 15 is 0 Å². The molecule has 0 radical (unpaired) electrons. The van der Waals surface area contributed by atoms with Crippen LogP contribution in [-0.4, -0.2) is 30.7 Å². The minimum atomic E-state index is -1.15. The molecule has 0 saturated heterocycles. The molecule has 2 N–H and O–H groups in total. The predicted octanol–water partition coefficient (Wildman–Crippen LogP) is 5.30. The Balaban J connectivity index is 1.94. The number of hydrogen-bond donors (Lipinski definition) is 2. The van der Waals surface area contributed by atoms with Crippen molar-refractivity contribution >= 4 is 28.9 Å². The summed E-state index contributed by atoms with van der Waals surface area (Å²) in [6.07, 6.45) is 1.71. The number of carboxylic acids is 1. The molecule has 1 aliphatic heterocycles. The smallest absolute Gasteiger partial charge is 0.346 e. The number of para-hydroxylation sites is 1. The summed E-state index contributed by atoms with van der Waals surface area (Å²) in [7, 11) is 1.52. The third kappa shape index (κ3) is 3.85. The largest absolute Gasteiger partial charge is 0.493 e. The number of aromatic carboxylic acids is 1. The number of thiophene rings is 1. The van der Waals surface area contributed by atoms with Gasteiger partial charge in [-0.25, -0.2) is 9.18 Å². The molecule has 8 heteroatoms. The standard InChI is InChI=1S/C24H20FNO5S/c1-3-10-31-21-15(8-5-9-17(21)30-2)16-12-18(27)26-20-19(13-6-4-7-14(25)11-13)23(24(28)29)32-22(16)20/h3-9,11,16H,1,10,12H2,2H3,(H,26,27)(H,28,29)/t16-/m0/s1. The number of halogens is 1. The number of amides is 1. The van der Waals surface area contributed by atoms with Crippen LogP contribution in [0.4, 0.5) is 10.1 Å². The van der Waals surface area contributed by atoms with Gasteiger partial charge < -0.3 is 19.9 Å². The molecular formula is C24H20FNO5S. The number of nitrogens with one attached hydrogen (secondary N) is 1. The Kier molecular flexibility index (Phi) is 5.96. The molecule has 4 rings (SSSR count). The summed E-state index contributed by atoms with van der Waals surface area (Å²) < 4.78 is 25.2. The number of methoxy groups -OCH3 is 1. The number of rotatable bonds is 7. The quantitative estimate of drug-likeness (QED) is 0.474. The van der Waals surface area contributed by atoms with Gasteiger partial charge in [-0.1, -0.05) is 36.9 Å². The van der Waals surface area contributed by atoms with E-state index in [9.17, 15) is 19.1 Å². The van der Waals surface area contributed by atoms with Crippen molar-refractivity contribution in [1.29, 1.82) is 0 Å². The van der Waals surface area contributed by atoms with Crippen molar-refractivity contribution in [1.82, 2.24) is 0 Å². The molecule has 1 amide bonds. The van der Waals surface area contributed by atoms with E-state index in [2.05, 4.69) is 11.9 Å². The molecule has 2 heterocycles. The molecule has 0 fully saturated rings. The van der Waals surface area contributed by atoms with Gasteiger partial charge in [0.15, 0.2) is 11.5 Å². The highest BCUT2D eigenvalue weighted by Gasteiger charge is 2.36. The second-order valence-electron chi connectivity index (χ2n) is 7.14. The highest BCUT2D eigenvalue weighted by atomic mass is 32.1. The SMILES string of the molecule is C=CCOc1c(OC)cccc1[C@@H]1CC(=O)Nc2c1sc(C(=O)O)c2-c1cccc(F)c1. The number of carbonyl (C=O) groups is 2. The second-order valence-corrected chi connectivity index (χ2v) is 8.20. The maximum absolute atomic E-state index is 13.9. The molecule has 0 unspecified atom stereocenters. The first kappa shape index (κ1) is 21.6. The average molecular weight is 453 g/mol. The van der Waals surface area contributed by atoms with Gasteiger partial charge in [0.05, 0.1) is 12.8 Å². The molecule has 0 bridgehead atoms. The van der Waals surface area contributed by atoms with E-state index in [1.807, 2.05) is 6.07 Å². The predicted molar refractivity (Wildman–Crippen MR) is 120 cm³/mol. The van der Waals surface area contributed by atoms with Crippen molar-refractivity contribution < 1.29 is 28.6 Å². The van der Waals surface area contributed by atoms with Crippen LogP contribution >= 0.6 is 11.3 Å². The summed E-state index contributed by atoms with van der Waals surface area (Å²) >= 11 is 1.07. The molecule has 32 heavy (non-hydrogen) atoms. The minimum Gasteiger partial charge on any atom is -0.493 e. The van der Waals surface area contributed by atoms with Crippen LogP contribution < -0.4 is 14.8 Å².